The Balaban J connectivity index is 0.00000242. The molecule has 1 aromatic rings. The molecule has 2 unspecified atom stereocenters. The second-order valence-corrected chi connectivity index (χ2v) is 7.61. The van der Waals surface area contributed by atoms with Gasteiger partial charge in [-0.1, -0.05) is 30.1 Å². The van der Waals surface area contributed by atoms with Gasteiger partial charge in [0.1, 0.15) is 10.6 Å². The van der Waals surface area contributed by atoms with Gasteiger partial charge in [-0.2, -0.15) is 0 Å². The van der Waals surface area contributed by atoms with Crippen molar-refractivity contribution in [2.45, 2.75) is 24.3 Å². The van der Waals surface area contributed by atoms with Gasteiger partial charge in [0.25, 0.3) is 0 Å². The van der Waals surface area contributed by atoms with Gasteiger partial charge in [0.2, 0.25) is 10.0 Å². The zero-order chi connectivity index (χ0) is 15.6. The number of piperidine rings is 1. The number of sulfonamides is 1. The largest absolute Gasteiger partial charge is 0.495 e. The van der Waals surface area contributed by atoms with Gasteiger partial charge >= 0.3 is 0 Å². The van der Waals surface area contributed by atoms with E-state index >= 15 is 0 Å². The Labute approximate surface area is 147 Å². The highest BCUT2D eigenvalue weighted by Crippen LogP contribution is 2.33. The van der Waals surface area contributed by atoms with Gasteiger partial charge in [0.05, 0.1) is 17.2 Å². The van der Waals surface area contributed by atoms with Crippen molar-refractivity contribution in [1.29, 1.82) is 0 Å². The highest BCUT2D eigenvalue weighted by molar-refractivity contribution is 7.89. The van der Waals surface area contributed by atoms with Gasteiger partial charge in [0.15, 0.2) is 0 Å². The van der Waals surface area contributed by atoms with Crippen molar-refractivity contribution in [3.8, 4) is 5.75 Å². The summed E-state index contributed by atoms with van der Waals surface area (Å²) in [5.74, 6) is 0.599. The smallest absolute Gasteiger partial charge is 0.242 e. The van der Waals surface area contributed by atoms with Crippen molar-refractivity contribution in [3.63, 3.8) is 0 Å². The zero-order valence-electron chi connectivity index (χ0n) is 12.2. The number of benzene rings is 1. The Morgan fingerprint density at radius 2 is 2.00 bits per heavy atom. The molecular weight excluding hydrogens is 371 g/mol. The van der Waals surface area contributed by atoms with E-state index in [0.717, 1.165) is 13.0 Å². The van der Waals surface area contributed by atoms with Crippen molar-refractivity contribution in [2.75, 3.05) is 20.2 Å². The van der Waals surface area contributed by atoms with Crippen LogP contribution >= 0.6 is 35.6 Å². The molecule has 2 rings (SSSR count). The van der Waals surface area contributed by atoms with Crippen LogP contribution in [0.4, 0.5) is 0 Å². The number of rotatable bonds is 4. The molecule has 1 aliphatic heterocycles. The predicted molar refractivity (Wildman–Crippen MR) is 91.0 cm³/mol. The second kappa shape index (κ2) is 8.04. The summed E-state index contributed by atoms with van der Waals surface area (Å²) in [7, 11) is -2.29. The molecule has 1 heterocycles. The predicted octanol–water partition coefficient (Wildman–Crippen LogP) is 2.70. The first kappa shape index (κ1) is 19.8. The Kier molecular flexibility index (Phi) is 7.23. The summed E-state index contributed by atoms with van der Waals surface area (Å²) in [5.41, 5.74) is 0. The van der Waals surface area contributed by atoms with Gasteiger partial charge < -0.3 is 10.1 Å². The third-order valence-electron chi connectivity index (χ3n) is 3.63. The molecule has 22 heavy (non-hydrogen) atoms. The minimum atomic E-state index is -3.73. The molecule has 1 aliphatic rings. The normalized spacial score (nSPS) is 22.0. The topological polar surface area (TPSA) is 67.4 Å². The molecule has 0 saturated carbocycles. The number of methoxy groups -OCH3 is 1. The highest BCUT2D eigenvalue weighted by atomic mass is 35.5. The third kappa shape index (κ3) is 4.40. The summed E-state index contributed by atoms with van der Waals surface area (Å²) in [4.78, 5) is -0.0345. The second-order valence-electron chi connectivity index (χ2n) is 5.12. The summed E-state index contributed by atoms with van der Waals surface area (Å²) in [6, 6.07) is 2.55. The first-order valence-corrected chi connectivity index (χ1v) is 8.85. The Morgan fingerprint density at radius 3 is 2.59 bits per heavy atom. The zero-order valence-corrected chi connectivity index (χ0v) is 15.4. The monoisotopic (exact) mass is 388 g/mol. The fourth-order valence-electron chi connectivity index (χ4n) is 2.28. The molecule has 0 radical (unpaired) electrons. The lowest BCUT2D eigenvalue weighted by Crippen LogP contribution is -2.50. The van der Waals surface area contributed by atoms with E-state index in [4.69, 9.17) is 27.9 Å². The van der Waals surface area contributed by atoms with Gasteiger partial charge in [-0.05, 0) is 24.9 Å². The summed E-state index contributed by atoms with van der Waals surface area (Å²) >= 11 is 12.0. The molecule has 0 aliphatic carbocycles. The van der Waals surface area contributed by atoms with Crippen molar-refractivity contribution < 1.29 is 13.2 Å². The minimum absolute atomic E-state index is 0. The molecule has 0 amide bonds. The van der Waals surface area contributed by atoms with Crippen LogP contribution in [0.25, 0.3) is 0 Å². The van der Waals surface area contributed by atoms with E-state index in [9.17, 15) is 8.42 Å². The quantitative estimate of drug-likeness (QED) is 0.831. The molecule has 126 valence electrons. The van der Waals surface area contributed by atoms with Crippen LogP contribution in [0.3, 0.4) is 0 Å². The lowest BCUT2D eigenvalue weighted by Gasteiger charge is -2.30. The molecular formula is C13H19Cl3N2O3S. The van der Waals surface area contributed by atoms with E-state index in [1.807, 2.05) is 6.92 Å². The van der Waals surface area contributed by atoms with Crippen LogP contribution < -0.4 is 14.8 Å². The molecule has 1 aromatic carbocycles. The molecule has 1 saturated heterocycles. The lowest BCUT2D eigenvalue weighted by molar-refractivity contribution is 0.327. The molecule has 0 spiro atoms. The van der Waals surface area contributed by atoms with Crippen molar-refractivity contribution >= 4 is 45.6 Å². The number of hydrogen-bond acceptors (Lipinski definition) is 4. The fraction of sp³-hybridized carbons (Fsp3) is 0.538. The molecule has 5 nitrogen and oxygen atoms in total. The van der Waals surface area contributed by atoms with Gasteiger partial charge in [-0.3, -0.25) is 0 Å². The average molecular weight is 390 g/mol. The van der Waals surface area contributed by atoms with Crippen molar-refractivity contribution in [3.05, 3.63) is 22.2 Å². The maximum absolute atomic E-state index is 12.5. The third-order valence-corrected chi connectivity index (χ3v) is 5.88. The summed E-state index contributed by atoms with van der Waals surface area (Å²) in [5, 5.41) is 3.47. The Bertz CT molecular complexity index is 625. The molecule has 1 fully saturated rings. The van der Waals surface area contributed by atoms with Crippen LogP contribution in [0, 0.1) is 5.92 Å². The number of hydrogen-bond donors (Lipinski definition) is 2. The van der Waals surface area contributed by atoms with E-state index in [2.05, 4.69) is 10.0 Å². The first-order valence-electron chi connectivity index (χ1n) is 6.61. The van der Waals surface area contributed by atoms with Crippen LogP contribution in [0.2, 0.25) is 10.0 Å². The van der Waals surface area contributed by atoms with Crippen LogP contribution in [0.1, 0.15) is 13.3 Å². The number of ether oxygens (including phenoxy) is 1. The summed E-state index contributed by atoms with van der Waals surface area (Å²) in [6.07, 6.45) is 0.921. The number of halogens is 3. The van der Waals surface area contributed by atoms with Crippen LogP contribution in [0.5, 0.6) is 5.75 Å². The maximum atomic E-state index is 12.5. The van der Waals surface area contributed by atoms with E-state index in [-0.39, 0.29) is 39.3 Å². The van der Waals surface area contributed by atoms with Crippen molar-refractivity contribution in [1.82, 2.24) is 10.0 Å². The average Bonchev–Trinajstić information content (AvgIpc) is 2.43. The Morgan fingerprint density at radius 1 is 1.32 bits per heavy atom. The maximum Gasteiger partial charge on any atom is 0.242 e. The van der Waals surface area contributed by atoms with Crippen LogP contribution in [-0.4, -0.2) is 34.7 Å². The van der Waals surface area contributed by atoms with E-state index in [1.165, 1.54) is 19.2 Å². The highest BCUT2D eigenvalue weighted by Gasteiger charge is 2.28. The summed E-state index contributed by atoms with van der Waals surface area (Å²) < 4.78 is 32.7. The van der Waals surface area contributed by atoms with E-state index < -0.39 is 10.0 Å². The standard InChI is InChI=1S/C13H18Cl2N2O3S.ClH/c1-8-3-4-16-7-11(8)17-21(18,19)13-6-9(14)12(20-2)5-10(13)15;/h5-6,8,11,16-17H,3-4,7H2,1-2H3;1H. The summed E-state index contributed by atoms with van der Waals surface area (Å²) in [6.45, 7) is 3.52. The lowest BCUT2D eigenvalue weighted by atomic mass is 9.96. The van der Waals surface area contributed by atoms with Gasteiger partial charge in [-0.25, -0.2) is 13.1 Å². The van der Waals surface area contributed by atoms with Crippen LogP contribution in [-0.2, 0) is 10.0 Å². The van der Waals surface area contributed by atoms with Gasteiger partial charge in [-0.15, -0.1) is 12.4 Å². The fourth-order valence-corrected chi connectivity index (χ4v) is 4.48. The molecule has 0 aromatic heterocycles. The molecule has 0 bridgehead atoms. The van der Waals surface area contributed by atoms with E-state index in [1.54, 1.807) is 0 Å². The van der Waals surface area contributed by atoms with Crippen molar-refractivity contribution in [2.24, 2.45) is 5.92 Å². The SMILES string of the molecule is COc1cc(Cl)c(S(=O)(=O)NC2CNCCC2C)cc1Cl.Cl. The molecule has 2 atom stereocenters. The molecule has 9 heteroatoms. The molecule has 2 N–H and O–H groups in total. The minimum Gasteiger partial charge on any atom is -0.495 e. The van der Waals surface area contributed by atoms with Gasteiger partial charge in [0, 0.05) is 18.7 Å². The number of nitrogens with one attached hydrogen (secondary N) is 2. The first-order chi connectivity index (χ1) is 9.85. The Hall–Kier alpha value is -0.240. The van der Waals surface area contributed by atoms with Crippen LogP contribution in [0.15, 0.2) is 17.0 Å². The van der Waals surface area contributed by atoms with E-state index in [0.29, 0.717) is 12.3 Å².